The summed E-state index contributed by atoms with van der Waals surface area (Å²) >= 11 is 4.84. The lowest BCUT2D eigenvalue weighted by Gasteiger charge is -2.13. The molecule has 0 spiro atoms. The molecule has 1 saturated heterocycles. The number of hydrogen-bond acceptors (Lipinski definition) is 5. The van der Waals surface area contributed by atoms with Crippen LogP contribution in [0.25, 0.3) is 6.08 Å². The number of rotatable bonds is 7. The number of carbonyl (C=O) groups excluding carboxylic acids is 1. The van der Waals surface area contributed by atoms with E-state index in [4.69, 9.17) is 14.5 Å². The number of aryl methyl sites for hydroxylation is 2. The van der Waals surface area contributed by atoms with Gasteiger partial charge in [0.2, 0.25) is 0 Å². The Labute approximate surface area is 219 Å². The van der Waals surface area contributed by atoms with E-state index in [1.807, 2.05) is 87.5 Å². The second-order valence-electron chi connectivity index (χ2n) is 8.12. The first-order valence-electron chi connectivity index (χ1n) is 11.3. The number of thioether (sulfide) groups is 1. The van der Waals surface area contributed by atoms with Gasteiger partial charge in [-0.3, -0.25) is 9.69 Å². The van der Waals surface area contributed by atoms with Crippen LogP contribution in [-0.4, -0.2) is 29.6 Å². The highest BCUT2D eigenvalue weighted by molar-refractivity contribution is 9.10. The van der Waals surface area contributed by atoms with E-state index >= 15 is 0 Å². The first kappa shape index (κ1) is 25.1. The first-order chi connectivity index (χ1) is 16.9. The number of carbonyl (C=O) groups is 1. The summed E-state index contributed by atoms with van der Waals surface area (Å²) in [6.07, 6.45) is 1.88. The van der Waals surface area contributed by atoms with Crippen molar-refractivity contribution in [2.75, 3.05) is 13.7 Å². The molecular formula is C28H27BrN2O3S. The first-order valence-corrected chi connectivity index (χ1v) is 12.9. The lowest BCUT2D eigenvalue weighted by molar-refractivity contribution is -0.122. The van der Waals surface area contributed by atoms with Gasteiger partial charge in [0.15, 0.2) is 16.7 Å². The number of halogens is 1. The van der Waals surface area contributed by atoms with Crippen LogP contribution < -0.4 is 9.47 Å². The van der Waals surface area contributed by atoms with Crippen molar-refractivity contribution in [2.45, 2.75) is 27.4 Å². The highest BCUT2D eigenvalue weighted by atomic mass is 79.9. The largest absolute Gasteiger partial charge is 0.493 e. The molecule has 0 atom stereocenters. The standard InChI is InChI=1S/C28H27BrN2O3S/c1-5-31-27(32)25(35-28(31)30-26-18(2)7-6-8-19(26)3)16-21-11-14-23(24(15-21)33-4)34-17-20-9-12-22(29)13-10-20/h6-16H,5,17H2,1-4H3/b25-16+,30-28?. The summed E-state index contributed by atoms with van der Waals surface area (Å²) in [5.41, 5.74) is 5.00. The SMILES string of the molecule is CCN1C(=O)/C(=C\c2ccc(OCc3ccc(Br)cc3)c(OC)c2)SC1=Nc1c(C)cccc1C. The molecule has 5 nitrogen and oxygen atoms in total. The fourth-order valence-corrected chi connectivity index (χ4v) is 5.05. The lowest BCUT2D eigenvalue weighted by Crippen LogP contribution is -2.28. The van der Waals surface area contributed by atoms with Crippen molar-refractivity contribution in [2.24, 2.45) is 4.99 Å². The number of ether oxygens (including phenoxy) is 2. The summed E-state index contributed by atoms with van der Waals surface area (Å²) in [7, 11) is 1.61. The minimum absolute atomic E-state index is 0.0444. The van der Waals surface area contributed by atoms with E-state index in [0.29, 0.717) is 34.7 Å². The van der Waals surface area contributed by atoms with E-state index in [0.717, 1.165) is 32.4 Å². The van der Waals surface area contributed by atoms with Crippen LogP contribution in [0.3, 0.4) is 0 Å². The van der Waals surface area contributed by atoms with Gasteiger partial charge in [0.25, 0.3) is 5.91 Å². The Balaban J connectivity index is 1.57. The molecule has 1 amide bonds. The molecule has 0 aliphatic carbocycles. The summed E-state index contributed by atoms with van der Waals surface area (Å²) in [5.74, 6) is 1.22. The topological polar surface area (TPSA) is 51.1 Å². The average Bonchev–Trinajstić information content (AvgIpc) is 3.15. The zero-order chi connectivity index (χ0) is 24.9. The van der Waals surface area contributed by atoms with Crippen molar-refractivity contribution in [1.29, 1.82) is 0 Å². The van der Waals surface area contributed by atoms with Gasteiger partial charge in [0.1, 0.15) is 6.61 Å². The quantitative estimate of drug-likeness (QED) is 0.290. The Morgan fingerprint density at radius 2 is 1.74 bits per heavy atom. The number of aliphatic imine (C=N–C) groups is 1. The van der Waals surface area contributed by atoms with E-state index in [1.54, 1.807) is 12.0 Å². The van der Waals surface area contributed by atoms with E-state index in [9.17, 15) is 4.79 Å². The Bertz CT molecular complexity index is 1280. The molecule has 0 N–H and O–H groups in total. The summed E-state index contributed by atoms with van der Waals surface area (Å²) in [5, 5.41) is 0.697. The summed E-state index contributed by atoms with van der Waals surface area (Å²) in [6.45, 7) is 7.02. The molecule has 1 aliphatic rings. The average molecular weight is 552 g/mol. The highest BCUT2D eigenvalue weighted by Crippen LogP contribution is 2.37. The van der Waals surface area contributed by atoms with Crippen molar-refractivity contribution >= 4 is 50.5 Å². The number of amidine groups is 1. The molecule has 4 rings (SSSR count). The van der Waals surface area contributed by atoms with E-state index in [-0.39, 0.29) is 5.91 Å². The highest BCUT2D eigenvalue weighted by Gasteiger charge is 2.32. The van der Waals surface area contributed by atoms with Crippen molar-refractivity contribution in [3.63, 3.8) is 0 Å². The fourth-order valence-electron chi connectivity index (χ4n) is 3.73. The van der Waals surface area contributed by atoms with Gasteiger partial charge in [0, 0.05) is 11.0 Å². The molecule has 1 fully saturated rings. The van der Waals surface area contributed by atoms with Crippen LogP contribution in [-0.2, 0) is 11.4 Å². The number of hydrogen-bond donors (Lipinski definition) is 0. The Morgan fingerprint density at radius 1 is 1.03 bits per heavy atom. The molecule has 0 aromatic heterocycles. The molecule has 3 aromatic carbocycles. The normalized spacial score (nSPS) is 15.8. The van der Waals surface area contributed by atoms with Crippen molar-refractivity contribution in [1.82, 2.24) is 4.90 Å². The molecule has 7 heteroatoms. The maximum atomic E-state index is 13.1. The fraction of sp³-hybridized carbons (Fsp3) is 0.214. The number of amides is 1. The molecule has 0 saturated carbocycles. The minimum atomic E-state index is -0.0444. The van der Waals surface area contributed by atoms with Crippen LogP contribution >= 0.6 is 27.7 Å². The molecule has 0 bridgehead atoms. The predicted octanol–water partition coefficient (Wildman–Crippen LogP) is 7.28. The lowest BCUT2D eigenvalue weighted by atomic mass is 10.1. The summed E-state index contributed by atoms with van der Waals surface area (Å²) in [6, 6.07) is 19.8. The van der Waals surface area contributed by atoms with Crippen LogP contribution in [0, 0.1) is 13.8 Å². The maximum absolute atomic E-state index is 13.1. The number of para-hydroxylation sites is 1. The van der Waals surface area contributed by atoms with Gasteiger partial charge in [-0.25, -0.2) is 4.99 Å². The van der Waals surface area contributed by atoms with Gasteiger partial charge in [-0.05, 0) is 85.1 Å². The zero-order valence-corrected chi connectivity index (χ0v) is 22.6. The van der Waals surface area contributed by atoms with Crippen LogP contribution in [0.1, 0.15) is 29.2 Å². The third kappa shape index (κ3) is 5.80. The van der Waals surface area contributed by atoms with Gasteiger partial charge in [-0.2, -0.15) is 0 Å². The van der Waals surface area contributed by atoms with E-state index in [1.165, 1.54) is 11.8 Å². The van der Waals surface area contributed by atoms with Crippen molar-refractivity contribution < 1.29 is 14.3 Å². The van der Waals surface area contributed by atoms with Crippen LogP contribution in [0.2, 0.25) is 0 Å². The number of nitrogens with zero attached hydrogens (tertiary/aromatic N) is 2. The van der Waals surface area contributed by atoms with E-state index in [2.05, 4.69) is 15.9 Å². The van der Waals surface area contributed by atoms with Crippen LogP contribution in [0.5, 0.6) is 11.5 Å². The van der Waals surface area contributed by atoms with Gasteiger partial charge in [-0.1, -0.05) is 52.3 Å². The Hall–Kier alpha value is -3.03. The zero-order valence-electron chi connectivity index (χ0n) is 20.2. The molecule has 35 heavy (non-hydrogen) atoms. The van der Waals surface area contributed by atoms with Crippen LogP contribution in [0.15, 0.2) is 75.0 Å². The number of methoxy groups -OCH3 is 1. The molecule has 3 aromatic rings. The molecule has 0 unspecified atom stereocenters. The molecule has 180 valence electrons. The molecule has 1 heterocycles. The third-order valence-corrected chi connectivity index (χ3v) is 7.18. The molecule has 1 aliphatic heterocycles. The van der Waals surface area contributed by atoms with E-state index < -0.39 is 0 Å². The van der Waals surface area contributed by atoms with Gasteiger partial charge in [-0.15, -0.1) is 0 Å². The third-order valence-electron chi connectivity index (χ3n) is 5.64. The Morgan fingerprint density at radius 3 is 2.40 bits per heavy atom. The maximum Gasteiger partial charge on any atom is 0.266 e. The van der Waals surface area contributed by atoms with Crippen molar-refractivity contribution in [3.8, 4) is 11.5 Å². The van der Waals surface area contributed by atoms with Gasteiger partial charge < -0.3 is 9.47 Å². The second-order valence-corrected chi connectivity index (χ2v) is 10.0. The van der Waals surface area contributed by atoms with Crippen LogP contribution in [0.4, 0.5) is 5.69 Å². The summed E-state index contributed by atoms with van der Waals surface area (Å²) < 4.78 is 12.6. The van der Waals surface area contributed by atoms with Gasteiger partial charge >= 0.3 is 0 Å². The smallest absolute Gasteiger partial charge is 0.266 e. The molecule has 0 radical (unpaired) electrons. The monoisotopic (exact) mass is 550 g/mol. The number of benzene rings is 3. The number of likely N-dealkylation sites (N-methyl/N-ethyl adjacent to an activating group) is 1. The summed E-state index contributed by atoms with van der Waals surface area (Å²) in [4.78, 5) is 20.3. The molecular weight excluding hydrogens is 524 g/mol. The predicted molar refractivity (Wildman–Crippen MR) is 147 cm³/mol. The second kappa shape index (κ2) is 11.1. The van der Waals surface area contributed by atoms with Gasteiger partial charge in [0.05, 0.1) is 17.7 Å². The Kier molecular flexibility index (Phi) is 7.98. The minimum Gasteiger partial charge on any atom is -0.493 e. The van der Waals surface area contributed by atoms with Crippen molar-refractivity contribution in [3.05, 3.63) is 92.3 Å².